The van der Waals surface area contributed by atoms with Crippen LogP contribution in [0.4, 0.5) is 0 Å². The maximum absolute atomic E-state index is 10.9. The van der Waals surface area contributed by atoms with Gasteiger partial charge in [-0.05, 0) is 26.7 Å². The van der Waals surface area contributed by atoms with Crippen molar-refractivity contribution in [3.63, 3.8) is 0 Å². The summed E-state index contributed by atoms with van der Waals surface area (Å²) in [6.07, 6.45) is 20.5. The zero-order valence-electron chi connectivity index (χ0n) is 19.3. The number of allylic oxidation sites excluding steroid dienone is 2. The van der Waals surface area contributed by atoms with Gasteiger partial charge in [-0.3, -0.25) is 0 Å². The Hall–Kier alpha value is -1.62. The lowest BCUT2D eigenvalue weighted by atomic mass is 10.1. The van der Waals surface area contributed by atoms with E-state index in [1.807, 2.05) is 6.92 Å². The van der Waals surface area contributed by atoms with E-state index in [4.69, 9.17) is 14.9 Å². The van der Waals surface area contributed by atoms with Gasteiger partial charge in [0.2, 0.25) is 0 Å². The molecule has 0 unspecified atom stereocenters. The fourth-order valence-electron chi connectivity index (χ4n) is 2.27. The zero-order valence-corrected chi connectivity index (χ0v) is 19.3. The smallest absolute Gasteiger partial charge is 0.330 e. The van der Waals surface area contributed by atoms with Gasteiger partial charge in [0, 0.05) is 18.8 Å². The minimum absolute atomic E-state index is 0.221. The monoisotopic (exact) mass is 414 g/mol. The number of ether oxygens (including phenoxy) is 1. The highest BCUT2D eigenvalue weighted by atomic mass is 16.5. The summed E-state index contributed by atoms with van der Waals surface area (Å²) in [6.45, 7) is 8.83. The number of aliphatic hydroxyl groups excluding tert-OH is 1. The quantitative estimate of drug-likeness (QED) is 0.183. The minimum Gasteiger partial charge on any atom is -0.478 e. The van der Waals surface area contributed by atoms with Gasteiger partial charge in [0.05, 0.1) is 6.61 Å². The highest BCUT2D eigenvalue weighted by Crippen LogP contribution is 2.05. The molecule has 29 heavy (non-hydrogen) atoms. The summed E-state index contributed by atoms with van der Waals surface area (Å²) < 4.78 is 4.96. The molecule has 0 aromatic heterocycles. The standard InChI is InChI=1S/C12H22O2.C8H18O.C4H6O2/c1-3-5-6-7-8-9-11-14-12(13)10-4-2;1-2-3-4-5-6-7-8-9;1-2-3-4(5)6/h4,10H,3,5-9,11H2,1-2H3;9H,2-8H2,1H3;2-3H,1H3,(H,5,6)/b10-4+;;3-2+. The van der Waals surface area contributed by atoms with Gasteiger partial charge in [-0.25, -0.2) is 9.59 Å². The average molecular weight is 415 g/mol. The lowest BCUT2D eigenvalue weighted by Crippen LogP contribution is -2.01. The van der Waals surface area contributed by atoms with E-state index >= 15 is 0 Å². The molecule has 5 nitrogen and oxygen atoms in total. The van der Waals surface area contributed by atoms with Gasteiger partial charge in [0.15, 0.2) is 0 Å². The van der Waals surface area contributed by atoms with Crippen LogP contribution in [-0.4, -0.2) is 35.4 Å². The van der Waals surface area contributed by atoms with E-state index in [-0.39, 0.29) is 5.97 Å². The molecule has 5 heteroatoms. The molecule has 0 heterocycles. The molecular weight excluding hydrogens is 368 g/mol. The van der Waals surface area contributed by atoms with Crippen LogP contribution < -0.4 is 0 Å². The first-order chi connectivity index (χ1) is 14.0. The summed E-state index contributed by atoms with van der Waals surface area (Å²) in [4.78, 5) is 20.4. The van der Waals surface area contributed by atoms with Crippen LogP contribution in [0.5, 0.6) is 0 Å². The molecule has 0 saturated carbocycles. The third-order valence-electron chi connectivity index (χ3n) is 3.87. The predicted molar refractivity (Wildman–Crippen MR) is 122 cm³/mol. The van der Waals surface area contributed by atoms with Crippen LogP contribution in [0.25, 0.3) is 0 Å². The van der Waals surface area contributed by atoms with Crippen molar-refractivity contribution < 1.29 is 24.5 Å². The number of carboxylic acids is 1. The molecule has 172 valence electrons. The van der Waals surface area contributed by atoms with E-state index in [0.29, 0.717) is 13.2 Å². The Kier molecular flexibility index (Phi) is 34.4. The number of carbonyl (C=O) groups is 2. The Morgan fingerprint density at radius 3 is 1.55 bits per heavy atom. The van der Waals surface area contributed by atoms with Crippen LogP contribution >= 0.6 is 0 Å². The second kappa shape index (κ2) is 31.1. The Labute approximate surface area is 179 Å². The molecule has 0 rings (SSSR count). The van der Waals surface area contributed by atoms with Crippen LogP contribution in [-0.2, 0) is 14.3 Å². The van der Waals surface area contributed by atoms with Gasteiger partial charge >= 0.3 is 11.9 Å². The Morgan fingerprint density at radius 1 is 0.724 bits per heavy atom. The van der Waals surface area contributed by atoms with Crippen molar-refractivity contribution in [2.75, 3.05) is 13.2 Å². The summed E-state index contributed by atoms with van der Waals surface area (Å²) in [5.41, 5.74) is 0. The van der Waals surface area contributed by atoms with Gasteiger partial charge in [-0.1, -0.05) is 90.2 Å². The van der Waals surface area contributed by atoms with Crippen molar-refractivity contribution in [1.29, 1.82) is 0 Å². The topological polar surface area (TPSA) is 83.8 Å². The van der Waals surface area contributed by atoms with Crippen molar-refractivity contribution in [2.45, 2.75) is 105 Å². The van der Waals surface area contributed by atoms with Crippen molar-refractivity contribution in [1.82, 2.24) is 0 Å². The first-order valence-corrected chi connectivity index (χ1v) is 11.3. The normalized spacial score (nSPS) is 10.2. The maximum Gasteiger partial charge on any atom is 0.330 e. The highest BCUT2D eigenvalue weighted by molar-refractivity contribution is 5.81. The molecule has 0 fully saturated rings. The van der Waals surface area contributed by atoms with Gasteiger partial charge in [-0.2, -0.15) is 0 Å². The number of carboxylic acid groups (broad SMARTS) is 1. The van der Waals surface area contributed by atoms with Gasteiger partial charge < -0.3 is 14.9 Å². The van der Waals surface area contributed by atoms with Gasteiger partial charge in [-0.15, -0.1) is 0 Å². The van der Waals surface area contributed by atoms with Crippen LogP contribution in [0.2, 0.25) is 0 Å². The molecule has 0 aromatic rings. The van der Waals surface area contributed by atoms with E-state index in [1.54, 1.807) is 13.0 Å². The second-order valence-corrected chi connectivity index (χ2v) is 6.76. The SMILES string of the molecule is C/C=C/C(=O)O.C/C=C/C(=O)OCCCCCCCC.CCCCCCCCO. The van der Waals surface area contributed by atoms with E-state index in [1.165, 1.54) is 76.4 Å². The second-order valence-electron chi connectivity index (χ2n) is 6.76. The molecule has 0 saturated heterocycles. The molecule has 0 bridgehead atoms. The molecule has 0 spiro atoms. The fraction of sp³-hybridized carbons (Fsp3) is 0.750. The number of carbonyl (C=O) groups excluding carboxylic acids is 1. The fourth-order valence-corrected chi connectivity index (χ4v) is 2.27. The van der Waals surface area contributed by atoms with Crippen molar-refractivity contribution in [3.05, 3.63) is 24.3 Å². The lowest BCUT2D eigenvalue weighted by molar-refractivity contribution is -0.138. The maximum atomic E-state index is 10.9. The van der Waals surface area contributed by atoms with E-state index in [9.17, 15) is 9.59 Å². The van der Waals surface area contributed by atoms with Crippen LogP contribution in [0.3, 0.4) is 0 Å². The van der Waals surface area contributed by atoms with Gasteiger partial charge in [0.25, 0.3) is 0 Å². The van der Waals surface area contributed by atoms with Gasteiger partial charge in [0.1, 0.15) is 0 Å². The number of hydrogen-bond donors (Lipinski definition) is 2. The Bertz CT molecular complexity index is 383. The molecular formula is C24H46O5. The number of aliphatic hydroxyl groups is 1. The first kappa shape index (κ1) is 32.1. The predicted octanol–water partition coefficient (Wildman–Crippen LogP) is 6.45. The van der Waals surface area contributed by atoms with Crippen molar-refractivity contribution >= 4 is 11.9 Å². The number of unbranched alkanes of at least 4 members (excludes halogenated alkanes) is 10. The van der Waals surface area contributed by atoms with E-state index in [0.717, 1.165) is 18.9 Å². The number of rotatable bonds is 15. The van der Waals surface area contributed by atoms with Crippen LogP contribution in [0.15, 0.2) is 24.3 Å². The molecule has 2 N–H and O–H groups in total. The molecule has 0 aliphatic carbocycles. The van der Waals surface area contributed by atoms with Crippen LogP contribution in [0, 0.1) is 0 Å². The lowest BCUT2D eigenvalue weighted by Gasteiger charge is -2.01. The largest absolute Gasteiger partial charge is 0.478 e. The summed E-state index contributed by atoms with van der Waals surface area (Å²) in [6, 6.07) is 0. The van der Waals surface area contributed by atoms with Crippen molar-refractivity contribution in [3.8, 4) is 0 Å². The molecule has 0 radical (unpaired) electrons. The van der Waals surface area contributed by atoms with Crippen LogP contribution in [0.1, 0.15) is 105 Å². The first-order valence-electron chi connectivity index (χ1n) is 11.3. The third kappa shape index (κ3) is 41.7. The molecule has 0 atom stereocenters. The Balaban J connectivity index is -0.000000386. The summed E-state index contributed by atoms with van der Waals surface area (Å²) in [5.74, 6) is -1.11. The summed E-state index contributed by atoms with van der Waals surface area (Å²) >= 11 is 0. The molecule has 0 aromatic carbocycles. The molecule has 0 aliphatic heterocycles. The number of hydrogen-bond acceptors (Lipinski definition) is 4. The third-order valence-corrected chi connectivity index (χ3v) is 3.87. The molecule has 0 amide bonds. The van der Waals surface area contributed by atoms with E-state index in [2.05, 4.69) is 13.8 Å². The number of aliphatic carboxylic acids is 1. The highest BCUT2D eigenvalue weighted by Gasteiger charge is 1.95. The zero-order chi connectivity index (χ0) is 22.6. The van der Waals surface area contributed by atoms with E-state index < -0.39 is 5.97 Å². The van der Waals surface area contributed by atoms with Crippen molar-refractivity contribution in [2.24, 2.45) is 0 Å². The Morgan fingerprint density at radius 2 is 1.17 bits per heavy atom. The minimum atomic E-state index is -0.891. The summed E-state index contributed by atoms with van der Waals surface area (Å²) in [5, 5.41) is 16.2. The average Bonchev–Trinajstić information content (AvgIpc) is 2.68. The summed E-state index contributed by atoms with van der Waals surface area (Å²) in [7, 11) is 0. The number of esters is 1. The molecule has 0 aliphatic rings.